The Morgan fingerprint density at radius 2 is 2.04 bits per heavy atom. The number of rotatable bonds is 5. The molecule has 3 aromatic rings. The Hall–Kier alpha value is -2.99. The molecule has 1 atom stereocenters. The van der Waals surface area contributed by atoms with Crippen LogP contribution in [0.25, 0.3) is 11.3 Å². The summed E-state index contributed by atoms with van der Waals surface area (Å²) in [4.78, 5) is 22.7. The van der Waals surface area contributed by atoms with Crippen LogP contribution in [0.4, 0.5) is 0 Å². The van der Waals surface area contributed by atoms with Crippen molar-refractivity contribution in [2.24, 2.45) is 0 Å². The fourth-order valence-electron chi connectivity index (χ4n) is 3.76. The lowest BCUT2D eigenvalue weighted by Gasteiger charge is -2.23. The molecule has 0 saturated carbocycles. The normalized spacial score (nSPS) is 17.3. The third-order valence-corrected chi connectivity index (χ3v) is 5.04. The van der Waals surface area contributed by atoms with E-state index in [4.69, 9.17) is 4.42 Å². The van der Waals surface area contributed by atoms with E-state index in [0.29, 0.717) is 17.9 Å². The van der Waals surface area contributed by atoms with Crippen LogP contribution in [0.15, 0.2) is 53.2 Å². The number of hydrogen-bond acceptors (Lipinski definition) is 5. The number of furan rings is 1. The first kappa shape index (κ1) is 17.4. The number of carboxylic acid groups (broad SMARTS) is 1. The van der Waals surface area contributed by atoms with Gasteiger partial charge in [-0.3, -0.25) is 14.9 Å². The highest BCUT2D eigenvalue weighted by Gasteiger charge is 2.29. The molecule has 1 aliphatic heterocycles. The first-order chi connectivity index (χ1) is 13.1. The van der Waals surface area contributed by atoms with E-state index in [1.807, 2.05) is 25.1 Å². The van der Waals surface area contributed by atoms with Crippen molar-refractivity contribution in [2.75, 3.05) is 6.54 Å². The largest absolute Gasteiger partial charge is 0.478 e. The Kier molecular flexibility index (Phi) is 4.73. The molecule has 1 aromatic carbocycles. The van der Waals surface area contributed by atoms with Crippen LogP contribution in [0.3, 0.4) is 0 Å². The Morgan fingerprint density at radius 3 is 2.85 bits per heavy atom. The van der Waals surface area contributed by atoms with Gasteiger partial charge in [0.1, 0.15) is 11.5 Å². The molecule has 3 heterocycles. The lowest BCUT2D eigenvalue weighted by atomic mass is 10.1. The van der Waals surface area contributed by atoms with Gasteiger partial charge in [0.05, 0.1) is 29.5 Å². The quantitative estimate of drug-likeness (QED) is 0.736. The summed E-state index contributed by atoms with van der Waals surface area (Å²) in [5, 5.41) is 9.39. The summed E-state index contributed by atoms with van der Waals surface area (Å²) in [6, 6.07) is 10.9. The summed E-state index contributed by atoms with van der Waals surface area (Å²) in [5.74, 6) is 0.439. The Morgan fingerprint density at radius 1 is 1.22 bits per heavy atom. The average molecular weight is 363 g/mol. The number of aromatic carboxylic acids is 1. The van der Waals surface area contributed by atoms with Crippen LogP contribution in [0.1, 0.15) is 46.4 Å². The van der Waals surface area contributed by atoms with E-state index in [9.17, 15) is 9.90 Å². The van der Waals surface area contributed by atoms with E-state index in [2.05, 4.69) is 14.9 Å². The number of hydrogen-bond donors (Lipinski definition) is 1. The number of benzene rings is 1. The minimum atomic E-state index is -0.957. The molecule has 2 aromatic heterocycles. The monoisotopic (exact) mass is 363 g/mol. The minimum Gasteiger partial charge on any atom is -0.478 e. The van der Waals surface area contributed by atoms with Crippen LogP contribution < -0.4 is 0 Å². The van der Waals surface area contributed by atoms with E-state index in [-0.39, 0.29) is 11.6 Å². The summed E-state index contributed by atoms with van der Waals surface area (Å²) >= 11 is 0. The van der Waals surface area contributed by atoms with Crippen LogP contribution in [0.5, 0.6) is 0 Å². The van der Waals surface area contributed by atoms with Gasteiger partial charge in [0.15, 0.2) is 0 Å². The van der Waals surface area contributed by atoms with Crippen molar-refractivity contribution in [2.45, 2.75) is 32.4 Å². The summed E-state index contributed by atoms with van der Waals surface area (Å²) in [6.07, 6.45) is 5.62. The molecule has 1 fully saturated rings. The van der Waals surface area contributed by atoms with Crippen LogP contribution in [0.2, 0.25) is 0 Å². The van der Waals surface area contributed by atoms with Crippen molar-refractivity contribution in [1.29, 1.82) is 0 Å². The van der Waals surface area contributed by atoms with E-state index in [1.54, 1.807) is 30.6 Å². The molecule has 6 nitrogen and oxygen atoms in total. The number of nitrogens with zero attached hydrogens (tertiary/aromatic N) is 3. The number of carbonyl (C=O) groups is 1. The second-order valence-corrected chi connectivity index (χ2v) is 6.77. The minimum absolute atomic E-state index is 0.235. The van der Waals surface area contributed by atoms with Crippen molar-refractivity contribution in [3.63, 3.8) is 0 Å². The van der Waals surface area contributed by atoms with Crippen molar-refractivity contribution in [3.8, 4) is 11.3 Å². The topological polar surface area (TPSA) is 79.5 Å². The molecule has 1 saturated heterocycles. The van der Waals surface area contributed by atoms with Gasteiger partial charge in [0.2, 0.25) is 0 Å². The molecule has 0 spiro atoms. The third kappa shape index (κ3) is 3.48. The van der Waals surface area contributed by atoms with Crippen LogP contribution in [-0.2, 0) is 6.54 Å². The lowest BCUT2D eigenvalue weighted by Crippen LogP contribution is -2.24. The Labute approximate surface area is 157 Å². The fraction of sp³-hybridized carbons (Fsp3) is 0.286. The van der Waals surface area contributed by atoms with Crippen molar-refractivity contribution in [3.05, 3.63) is 71.5 Å². The SMILES string of the molecule is Cc1nccnc1[C@H]1CCCN1Cc1ccc(-c2ccccc2C(=O)O)o1. The molecule has 0 amide bonds. The van der Waals surface area contributed by atoms with Gasteiger partial charge >= 0.3 is 5.97 Å². The van der Waals surface area contributed by atoms with E-state index < -0.39 is 5.97 Å². The van der Waals surface area contributed by atoms with Crippen LogP contribution in [-0.4, -0.2) is 32.5 Å². The molecule has 6 heteroatoms. The van der Waals surface area contributed by atoms with Gasteiger partial charge in [0.25, 0.3) is 0 Å². The third-order valence-electron chi connectivity index (χ3n) is 5.04. The maximum Gasteiger partial charge on any atom is 0.336 e. The summed E-state index contributed by atoms with van der Waals surface area (Å²) < 4.78 is 6.00. The van der Waals surface area contributed by atoms with Gasteiger partial charge in [-0.15, -0.1) is 0 Å². The molecular weight excluding hydrogens is 342 g/mol. The molecular formula is C21H21N3O3. The molecule has 27 heavy (non-hydrogen) atoms. The molecule has 138 valence electrons. The van der Waals surface area contributed by atoms with Gasteiger partial charge in [-0.1, -0.05) is 18.2 Å². The zero-order chi connectivity index (χ0) is 18.8. The average Bonchev–Trinajstić information content (AvgIpc) is 3.32. The molecule has 1 N–H and O–H groups in total. The maximum atomic E-state index is 11.4. The van der Waals surface area contributed by atoms with Gasteiger partial charge < -0.3 is 9.52 Å². The Balaban J connectivity index is 1.56. The fourth-order valence-corrected chi connectivity index (χ4v) is 3.76. The van der Waals surface area contributed by atoms with Gasteiger partial charge in [-0.2, -0.15) is 0 Å². The molecule has 0 unspecified atom stereocenters. The molecule has 0 aliphatic carbocycles. The standard InChI is InChI=1S/C21H21N3O3/c1-14-20(23-11-10-22-14)18-7-4-12-24(18)13-15-8-9-19(27-15)16-5-2-3-6-17(16)21(25)26/h2-3,5-6,8-11,18H,4,7,12-13H2,1H3,(H,25,26)/t18-/m1/s1. The highest BCUT2D eigenvalue weighted by atomic mass is 16.4. The zero-order valence-corrected chi connectivity index (χ0v) is 15.1. The summed E-state index contributed by atoms with van der Waals surface area (Å²) in [5.41, 5.74) is 2.83. The van der Waals surface area contributed by atoms with Gasteiger partial charge in [0, 0.05) is 18.0 Å². The van der Waals surface area contributed by atoms with Crippen molar-refractivity contribution in [1.82, 2.24) is 14.9 Å². The molecule has 1 aliphatic rings. The van der Waals surface area contributed by atoms with Crippen molar-refractivity contribution >= 4 is 5.97 Å². The number of aryl methyl sites for hydroxylation is 1. The predicted octanol–water partition coefficient (Wildman–Crippen LogP) is 4.08. The molecule has 0 bridgehead atoms. The summed E-state index contributed by atoms with van der Waals surface area (Å²) in [7, 11) is 0. The number of aromatic nitrogens is 2. The highest BCUT2D eigenvalue weighted by Crippen LogP contribution is 2.34. The second kappa shape index (κ2) is 7.32. The van der Waals surface area contributed by atoms with Crippen LogP contribution >= 0.6 is 0 Å². The number of likely N-dealkylation sites (tertiary alicyclic amines) is 1. The van der Waals surface area contributed by atoms with Crippen molar-refractivity contribution < 1.29 is 14.3 Å². The van der Waals surface area contributed by atoms with E-state index >= 15 is 0 Å². The maximum absolute atomic E-state index is 11.4. The number of carboxylic acids is 1. The zero-order valence-electron chi connectivity index (χ0n) is 15.1. The van der Waals surface area contributed by atoms with Gasteiger partial charge in [-0.25, -0.2) is 4.79 Å². The first-order valence-corrected chi connectivity index (χ1v) is 9.06. The first-order valence-electron chi connectivity index (χ1n) is 9.06. The smallest absolute Gasteiger partial charge is 0.336 e. The second-order valence-electron chi connectivity index (χ2n) is 6.77. The highest BCUT2D eigenvalue weighted by molar-refractivity contribution is 5.95. The molecule has 4 rings (SSSR count). The van der Waals surface area contributed by atoms with Crippen LogP contribution in [0, 0.1) is 6.92 Å². The summed E-state index contributed by atoms with van der Waals surface area (Å²) in [6.45, 7) is 3.63. The van der Waals surface area contributed by atoms with E-state index in [1.165, 1.54) is 0 Å². The lowest BCUT2D eigenvalue weighted by molar-refractivity contribution is 0.0697. The Bertz CT molecular complexity index is 967. The molecule has 0 radical (unpaired) electrons. The van der Waals surface area contributed by atoms with E-state index in [0.717, 1.165) is 36.5 Å². The van der Waals surface area contributed by atoms with Gasteiger partial charge in [-0.05, 0) is 44.5 Å². The predicted molar refractivity (Wildman–Crippen MR) is 100 cm³/mol.